The van der Waals surface area contributed by atoms with Crippen molar-refractivity contribution in [3.8, 4) is 17.2 Å². The molecule has 8 heteroatoms. The maximum absolute atomic E-state index is 10.1. The van der Waals surface area contributed by atoms with Crippen LogP contribution in [-0.2, 0) is 0 Å². The Morgan fingerprint density at radius 1 is 1.19 bits per heavy atom. The molecule has 0 atom stereocenters. The van der Waals surface area contributed by atoms with E-state index in [1.807, 2.05) is 6.92 Å². The highest BCUT2D eigenvalue weighted by Gasteiger charge is 2.10. The molecule has 2 aromatic rings. The van der Waals surface area contributed by atoms with Crippen molar-refractivity contribution in [3.63, 3.8) is 0 Å². The van der Waals surface area contributed by atoms with Crippen LogP contribution in [0.1, 0.15) is 18.1 Å². The van der Waals surface area contributed by atoms with E-state index in [0.717, 1.165) is 5.56 Å². The maximum Gasteiger partial charge on any atom is 0.191 e. The summed E-state index contributed by atoms with van der Waals surface area (Å²) in [4.78, 5) is 0. The number of aryl methyl sites for hydroxylation is 1. The van der Waals surface area contributed by atoms with Crippen LogP contribution in [0.4, 0.5) is 5.69 Å². The van der Waals surface area contributed by atoms with Crippen molar-refractivity contribution in [2.24, 2.45) is 5.10 Å². The van der Waals surface area contributed by atoms with Gasteiger partial charge in [-0.3, -0.25) is 5.43 Å². The lowest BCUT2D eigenvalue weighted by Crippen LogP contribution is -2.25. The molecular formula is C18H20ClN3O3S. The van der Waals surface area contributed by atoms with Gasteiger partial charge < -0.3 is 19.9 Å². The molecule has 0 fully saturated rings. The normalized spacial score (nSPS) is 11.0. The van der Waals surface area contributed by atoms with Gasteiger partial charge in [0, 0.05) is 16.7 Å². The molecule has 26 heavy (non-hydrogen) atoms. The number of ether oxygens (including phenoxy) is 2. The van der Waals surface area contributed by atoms with Crippen molar-refractivity contribution in [1.29, 1.82) is 0 Å². The second kappa shape index (κ2) is 8.73. The van der Waals surface area contributed by atoms with Crippen LogP contribution in [0.3, 0.4) is 0 Å². The minimum atomic E-state index is 0.100. The van der Waals surface area contributed by atoms with E-state index in [-0.39, 0.29) is 10.9 Å². The molecule has 0 aliphatic rings. The van der Waals surface area contributed by atoms with Gasteiger partial charge in [-0.25, -0.2) is 0 Å². The van der Waals surface area contributed by atoms with E-state index in [4.69, 9.17) is 33.3 Å². The Morgan fingerprint density at radius 3 is 2.58 bits per heavy atom. The average Bonchev–Trinajstić information content (AvgIpc) is 2.62. The Kier molecular flexibility index (Phi) is 6.65. The number of halogens is 1. The number of benzene rings is 2. The zero-order chi connectivity index (χ0) is 19.3. The smallest absolute Gasteiger partial charge is 0.191 e. The molecule has 0 amide bonds. The van der Waals surface area contributed by atoms with E-state index in [0.29, 0.717) is 33.5 Å². The molecule has 0 aliphatic heterocycles. The van der Waals surface area contributed by atoms with Gasteiger partial charge >= 0.3 is 0 Å². The van der Waals surface area contributed by atoms with E-state index in [2.05, 4.69) is 15.8 Å². The molecule has 0 saturated heterocycles. The molecule has 3 N–H and O–H groups in total. The van der Waals surface area contributed by atoms with Crippen LogP contribution in [0.25, 0.3) is 0 Å². The van der Waals surface area contributed by atoms with Crippen molar-refractivity contribution in [2.75, 3.05) is 19.5 Å². The van der Waals surface area contributed by atoms with Crippen LogP contribution in [-0.4, -0.2) is 30.2 Å². The van der Waals surface area contributed by atoms with Gasteiger partial charge in [0.15, 0.2) is 5.11 Å². The Morgan fingerprint density at radius 2 is 1.92 bits per heavy atom. The molecule has 138 valence electrons. The second-order valence-corrected chi connectivity index (χ2v) is 6.26. The zero-order valence-corrected chi connectivity index (χ0v) is 16.5. The highest BCUT2D eigenvalue weighted by Crippen LogP contribution is 2.29. The summed E-state index contributed by atoms with van der Waals surface area (Å²) < 4.78 is 10.5. The minimum absolute atomic E-state index is 0.100. The van der Waals surface area contributed by atoms with Gasteiger partial charge in [0.05, 0.1) is 25.6 Å². The van der Waals surface area contributed by atoms with Crippen LogP contribution < -0.4 is 20.2 Å². The largest absolute Gasteiger partial charge is 0.507 e. The number of nitrogens with zero attached hydrogens (tertiary/aromatic N) is 1. The maximum atomic E-state index is 10.1. The Hall–Kier alpha value is -2.51. The zero-order valence-electron chi connectivity index (χ0n) is 14.9. The summed E-state index contributed by atoms with van der Waals surface area (Å²) in [5.41, 5.74) is 5.22. The Bertz CT molecular complexity index is 856. The van der Waals surface area contributed by atoms with Crippen molar-refractivity contribution >= 4 is 40.3 Å². The summed E-state index contributed by atoms with van der Waals surface area (Å²) >= 11 is 11.4. The summed E-state index contributed by atoms with van der Waals surface area (Å²) in [7, 11) is 3.14. The van der Waals surface area contributed by atoms with Crippen LogP contribution in [0.15, 0.2) is 35.4 Å². The van der Waals surface area contributed by atoms with E-state index >= 15 is 0 Å². The van der Waals surface area contributed by atoms with Crippen LogP contribution in [0, 0.1) is 6.92 Å². The van der Waals surface area contributed by atoms with Gasteiger partial charge in [-0.2, -0.15) is 5.10 Å². The number of hydrazone groups is 1. The van der Waals surface area contributed by atoms with Gasteiger partial charge in [0.1, 0.15) is 17.2 Å². The topological polar surface area (TPSA) is 75.1 Å². The number of phenols is 1. The molecular weight excluding hydrogens is 374 g/mol. The van der Waals surface area contributed by atoms with Gasteiger partial charge in [0.2, 0.25) is 0 Å². The van der Waals surface area contributed by atoms with E-state index in [1.54, 1.807) is 51.5 Å². The number of aromatic hydroxyl groups is 1. The number of anilines is 1. The lowest BCUT2D eigenvalue weighted by molar-refractivity contribution is 0.405. The number of methoxy groups -OCH3 is 2. The van der Waals surface area contributed by atoms with Gasteiger partial charge in [-0.05, 0) is 55.9 Å². The third-order valence-electron chi connectivity index (χ3n) is 3.65. The number of nitrogens with one attached hydrogen (secondary N) is 2. The van der Waals surface area contributed by atoms with Crippen molar-refractivity contribution < 1.29 is 14.6 Å². The first kappa shape index (κ1) is 19.8. The molecule has 6 nitrogen and oxygen atoms in total. The predicted molar refractivity (Wildman–Crippen MR) is 109 cm³/mol. The highest BCUT2D eigenvalue weighted by atomic mass is 35.5. The van der Waals surface area contributed by atoms with E-state index < -0.39 is 0 Å². The quantitative estimate of drug-likeness (QED) is 0.403. The molecule has 0 spiro atoms. The lowest BCUT2D eigenvalue weighted by atomic mass is 10.1. The standard InChI is InChI=1S/C18H20ClN3O3S/c1-10-7-16(23)13(9-14(10)19)11(2)21-22-18(26)20-15-8-12(24-3)5-6-17(15)25-4/h5-9,23H,1-4H3,(H2,20,22,26). The number of rotatable bonds is 5. The molecule has 0 aromatic heterocycles. The Labute approximate surface area is 162 Å². The third-order valence-corrected chi connectivity index (χ3v) is 4.25. The predicted octanol–water partition coefficient (Wildman–Crippen LogP) is 4.08. The fraction of sp³-hybridized carbons (Fsp3) is 0.222. The lowest BCUT2D eigenvalue weighted by Gasteiger charge is -2.13. The molecule has 0 unspecified atom stereocenters. The minimum Gasteiger partial charge on any atom is -0.507 e. The van der Waals surface area contributed by atoms with Crippen molar-refractivity contribution in [2.45, 2.75) is 13.8 Å². The first-order valence-corrected chi connectivity index (χ1v) is 8.47. The highest BCUT2D eigenvalue weighted by molar-refractivity contribution is 7.80. The van der Waals surface area contributed by atoms with Crippen molar-refractivity contribution in [1.82, 2.24) is 5.43 Å². The van der Waals surface area contributed by atoms with E-state index in [1.165, 1.54) is 0 Å². The molecule has 2 rings (SSSR count). The fourth-order valence-corrected chi connectivity index (χ4v) is 2.53. The number of hydrogen-bond donors (Lipinski definition) is 3. The molecule has 2 aromatic carbocycles. The third kappa shape index (κ3) is 4.77. The number of hydrogen-bond acceptors (Lipinski definition) is 5. The summed E-state index contributed by atoms with van der Waals surface area (Å²) in [5, 5.41) is 18.1. The van der Waals surface area contributed by atoms with Crippen molar-refractivity contribution in [3.05, 3.63) is 46.5 Å². The molecule has 0 radical (unpaired) electrons. The van der Waals surface area contributed by atoms with Crippen LogP contribution in [0.2, 0.25) is 5.02 Å². The summed E-state index contributed by atoms with van der Waals surface area (Å²) in [6, 6.07) is 8.56. The van der Waals surface area contributed by atoms with Crippen LogP contribution >= 0.6 is 23.8 Å². The molecule has 0 bridgehead atoms. The summed E-state index contributed by atoms with van der Waals surface area (Å²) in [6.45, 7) is 3.56. The second-order valence-electron chi connectivity index (χ2n) is 5.45. The monoisotopic (exact) mass is 393 g/mol. The van der Waals surface area contributed by atoms with Gasteiger partial charge in [-0.1, -0.05) is 11.6 Å². The molecule has 0 saturated carbocycles. The Balaban J connectivity index is 2.13. The molecule has 0 heterocycles. The molecule has 0 aliphatic carbocycles. The SMILES string of the molecule is COc1ccc(OC)c(NC(=S)NN=C(C)c2cc(Cl)c(C)cc2O)c1. The fourth-order valence-electron chi connectivity index (χ4n) is 2.21. The number of thiocarbonyl (C=S) groups is 1. The first-order valence-electron chi connectivity index (χ1n) is 7.68. The first-order chi connectivity index (χ1) is 12.3. The van der Waals surface area contributed by atoms with E-state index in [9.17, 15) is 5.11 Å². The summed E-state index contributed by atoms with van der Waals surface area (Å²) in [6.07, 6.45) is 0. The summed E-state index contributed by atoms with van der Waals surface area (Å²) in [5.74, 6) is 1.37. The number of phenolic OH excluding ortho intramolecular Hbond substituents is 1. The van der Waals surface area contributed by atoms with Crippen LogP contribution in [0.5, 0.6) is 17.2 Å². The van der Waals surface area contributed by atoms with Gasteiger partial charge in [0.25, 0.3) is 0 Å². The average molecular weight is 394 g/mol. The van der Waals surface area contributed by atoms with Gasteiger partial charge in [-0.15, -0.1) is 0 Å².